The van der Waals surface area contributed by atoms with Crippen molar-refractivity contribution in [1.82, 2.24) is 9.97 Å². The van der Waals surface area contributed by atoms with Crippen molar-refractivity contribution in [1.29, 1.82) is 0 Å². The van der Waals surface area contributed by atoms with Gasteiger partial charge in [-0.3, -0.25) is 10.1 Å². The highest BCUT2D eigenvalue weighted by atomic mass is 79.9. The van der Waals surface area contributed by atoms with Crippen molar-refractivity contribution in [3.8, 4) is 11.4 Å². The standard InChI is InChI=1S/C12H10BrN3O3S/c1-19-6-9-10(13)12(20)15-11(14-9)7-3-2-4-8(5-7)16(17)18/h2-5H,6H2,1H3,(H,14,15,20). The molecule has 0 atom stereocenters. The zero-order chi connectivity index (χ0) is 14.7. The van der Waals surface area contributed by atoms with Crippen molar-refractivity contribution in [3.05, 3.63) is 49.2 Å². The van der Waals surface area contributed by atoms with Crippen LogP contribution in [0.3, 0.4) is 0 Å². The largest absolute Gasteiger partial charge is 0.378 e. The normalized spacial score (nSPS) is 10.5. The maximum Gasteiger partial charge on any atom is 0.270 e. The van der Waals surface area contributed by atoms with E-state index in [0.29, 0.717) is 27.1 Å². The van der Waals surface area contributed by atoms with Gasteiger partial charge in [0.25, 0.3) is 5.69 Å². The van der Waals surface area contributed by atoms with Crippen LogP contribution < -0.4 is 0 Å². The summed E-state index contributed by atoms with van der Waals surface area (Å²) in [6.07, 6.45) is 0. The van der Waals surface area contributed by atoms with Crippen LogP contribution in [0.15, 0.2) is 28.7 Å². The number of benzene rings is 1. The van der Waals surface area contributed by atoms with E-state index >= 15 is 0 Å². The highest BCUT2D eigenvalue weighted by Gasteiger charge is 2.11. The molecule has 2 aromatic rings. The number of nitro groups is 1. The lowest BCUT2D eigenvalue weighted by molar-refractivity contribution is -0.384. The van der Waals surface area contributed by atoms with Gasteiger partial charge in [-0.15, -0.1) is 0 Å². The Kier molecular flexibility index (Phi) is 4.58. The van der Waals surface area contributed by atoms with E-state index in [9.17, 15) is 10.1 Å². The van der Waals surface area contributed by atoms with Crippen LogP contribution in [0.2, 0.25) is 0 Å². The van der Waals surface area contributed by atoms with E-state index in [-0.39, 0.29) is 5.69 Å². The molecule has 0 saturated carbocycles. The molecule has 0 fully saturated rings. The van der Waals surface area contributed by atoms with Gasteiger partial charge >= 0.3 is 0 Å². The van der Waals surface area contributed by atoms with E-state index in [1.54, 1.807) is 19.2 Å². The number of hydrogen-bond donors (Lipinski definition) is 1. The number of aromatic nitrogens is 2. The topological polar surface area (TPSA) is 81.0 Å². The molecule has 2 rings (SSSR count). The lowest BCUT2D eigenvalue weighted by Crippen LogP contribution is -2.00. The van der Waals surface area contributed by atoms with Gasteiger partial charge in [-0.05, 0) is 15.9 Å². The highest BCUT2D eigenvalue weighted by molar-refractivity contribution is 9.10. The number of non-ortho nitro benzene ring substituents is 1. The summed E-state index contributed by atoms with van der Waals surface area (Å²) in [4.78, 5) is 17.6. The molecule has 0 unspecified atom stereocenters. The second-order valence-corrected chi connectivity index (χ2v) is 5.10. The van der Waals surface area contributed by atoms with Crippen LogP contribution in [0.4, 0.5) is 5.69 Å². The molecule has 1 N–H and O–H groups in total. The number of hydrogen-bond acceptors (Lipinski definition) is 5. The van der Waals surface area contributed by atoms with Gasteiger partial charge in [-0.25, -0.2) is 4.98 Å². The van der Waals surface area contributed by atoms with Crippen molar-refractivity contribution < 1.29 is 9.66 Å². The monoisotopic (exact) mass is 355 g/mol. The highest BCUT2D eigenvalue weighted by Crippen LogP contribution is 2.24. The number of halogens is 1. The Bertz CT molecular complexity index is 717. The minimum Gasteiger partial charge on any atom is -0.378 e. The predicted molar refractivity (Wildman–Crippen MR) is 79.9 cm³/mol. The summed E-state index contributed by atoms with van der Waals surface area (Å²) in [5.41, 5.74) is 1.32. The van der Waals surface area contributed by atoms with E-state index in [4.69, 9.17) is 17.0 Å². The van der Waals surface area contributed by atoms with Crippen molar-refractivity contribution in [2.24, 2.45) is 0 Å². The summed E-state index contributed by atoms with van der Waals surface area (Å²) in [5, 5.41) is 10.8. The fourth-order valence-electron chi connectivity index (χ4n) is 1.65. The summed E-state index contributed by atoms with van der Waals surface area (Å²) in [6.45, 7) is 0.328. The van der Waals surface area contributed by atoms with Crippen LogP contribution in [0.5, 0.6) is 0 Å². The van der Waals surface area contributed by atoms with Crippen molar-refractivity contribution >= 4 is 33.8 Å². The minimum atomic E-state index is -0.451. The quantitative estimate of drug-likeness (QED) is 0.514. The molecule has 1 aromatic heterocycles. The summed E-state index contributed by atoms with van der Waals surface area (Å²) in [7, 11) is 1.57. The number of methoxy groups -OCH3 is 1. The number of nitrogens with one attached hydrogen (secondary N) is 1. The average molecular weight is 356 g/mol. The SMILES string of the molecule is COCc1[nH]c(-c2cccc([N+](=O)[O-])c2)nc(=S)c1Br. The number of aromatic amines is 1. The number of H-pyrrole nitrogens is 1. The first kappa shape index (κ1) is 14.8. The van der Waals surface area contributed by atoms with E-state index in [1.807, 2.05) is 0 Å². The maximum atomic E-state index is 10.8. The molecule has 1 heterocycles. The second-order valence-electron chi connectivity index (χ2n) is 3.92. The van der Waals surface area contributed by atoms with Crippen LogP contribution in [-0.2, 0) is 11.3 Å². The van der Waals surface area contributed by atoms with Crippen LogP contribution in [0.25, 0.3) is 11.4 Å². The van der Waals surface area contributed by atoms with E-state index < -0.39 is 4.92 Å². The third kappa shape index (κ3) is 3.09. The van der Waals surface area contributed by atoms with Crippen LogP contribution in [0, 0.1) is 14.8 Å². The smallest absolute Gasteiger partial charge is 0.270 e. The number of rotatable bonds is 4. The van der Waals surface area contributed by atoms with Gasteiger partial charge in [0.05, 0.1) is 21.7 Å². The molecule has 104 valence electrons. The third-order valence-electron chi connectivity index (χ3n) is 2.55. The van der Waals surface area contributed by atoms with Gasteiger partial charge in [0.1, 0.15) is 10.5 Å². The predicted octanol–water partition coefficient (Wildman–Crippen LogP) is 3.62. The second kappa shape index (κ2) is 6.21. The Labute approximate surface area is 128 Å². The van der Waals surface area contributed by atoms with Crippen LogP contribution >= 0.6 is 28.1 Å². The van der Waals surface area contributed by atoms with Gasteiger partial charge in [0.15, 0.2) is 0 Å². The van der Waals surface area contributed by atoms with Gasteiger partial charge in [0.2, 0.25) is 0 Å². The fourth-order valence-corrected chi connectivity index (χ4v) is 2.17. The van der Waals surface area contributed by atoms with Crippen LogP contribution in [0.1, 0.15) is 5.69 Å². The molecule has 0 aliphatic rings. The molecule has 0 aliphatic heterocycles. The maximum absolute atomic E-state index is 10.8. The zero-order valence-corrected chi connectivity index (χ0v) is 12.8. The fraction of sp³-hybridized carbons (Fsp3) is 0.167. The lowest BCUT2D eigenvalue weighted by atomic mass is 10.2. The van der Waals surface area contributed by atoms with Crippen molar-refractivity contribution in [3.63, 3.8) is 0 Å². The van der Waals surface area contributed by atoms with Crippen LogP contribution in [-0.4, -0.2) is 22.0 Å². The Morgan fingerprint density at radius 1 is 1.55 bits per heavy atom. The summed E-state index contributed by atoms with van der Waals surface area (Å²) in [6, 6.07) is 6.19. The van der Waals surface area contributed by atoms with Gasteiger partial charge < -0.3 is 9.72 Å². The lowest BCUT2D eigenvalue weighted by Gasteiger charge is -2.07. The Balaban J connectivity index is 2.55. The molecule has 0 radical (unpaired) electrons. The first-order valence-corrected chi connectivity index (χ1v) is 6.75. The number of nitro benzene ring substituents is 1. The summed E-state index contributed by atoms with van der Waals surface area (Å²) < 4.78 is 6.10. The third-order valence-corrected chi connectivity index (χ3v) is 3.97. The molecule has 8 heteroatoms. The molecule has 0 amide bonds. The Morgan fingerprint density at radius 2 is 2.30 bits per heavy atom. The van der Waals surface area contributed by atoms with E-state index in [2.05, 4.69) is 25.9 Å². The van der Waals surface area contributed by atoms with Crippen molar-refractivity contribution in [2.75, 3.05) is 7.11 Å². The molecular formula is C12H10BrN3O3S. The number of ether oxygens (including phenoxy) is 1. The molecule has 0 bridgehead atoms. The molecule has 0 saturated heterocycles. The number of nitrogens with zero attached hydrogens (tertiary/aromatic N) is 2. The Hall–Kier alpha value is -1.64. The molecular weight excluding hydrogens is 346 g/mol. The Morgan fingerprint density at radius 3 is 2.95 bits per heavy atom. The first-order valence-electron chi connectivity index (χ1n) is 5.55. The molecule has 6 nitrogen and oxygen atoms in total. The minimum absolute atomic E-state index is 0.000159. The molecule has 0 spiro atoms. The average Bonchev–Trinajstić information content (AvgIpc) is 2.44. The molecule has 1 aromatic carbocycles. The summed E-state index contributed by atoms with van der Waals surface area (Å²) >= 11 is 8.50. The molecule has 20 heavy (non-hydrogen) atoms. The van der Waals surface area contributed by atoms with Crippen molar-refractivity contribution in [2.45, 2.75) is 6.61 Å². The molecule has 0 aliphatic carbocycles. The van der Waals surface area contributed by atoms with E-state index in [1.165, 1.54) is 12.1 Å². The van der Waals surface area contributed by atoms with E-state index in [0.717, 1.165) is 5.69 Å². The van der Waals surface area contributed by atoms with Gasteiger partial charge in [-0.1, -0.05) is 24.4 Å². The van der Waals surface area contributed by atoms with Gasteiger partial charge in [0, 0.05) is 24.8 Å². The zero-order valence-electron chi connectivity index (χ0n) is 10.4. The first-order chi connectivity index (χ1) is 9.52. The summed E-state index contributed by atoms with van der Waals surface area (Å²) in [5.74, 6) is 0.467. The van der Waals surface area contributed by atoms with Gasteiger partial charge in [-0.2, -0.15) is 0 Å².